The molecule has 0 aliphatic heterocycles. The molecule has 0 saturated heterocycles. The van der Waals surface area contributed by atoms with Crippen LogP contribution in [-0.4, -0.2) is 22.5 Å². The fourth-order valence-electron chi connectivity index (χ4n) is 2.40. The van der Waals surface area contributed by atoms with Crippen LogP contribution in [0.4, 0.5) is 0 Å². The molecule has 3 rings (SSSR count). The average Bonchev–Trinajstić information content (AvgIpc) is 2.77. The van der Waals surface area contributed by atoms with Gasteiger partial charge < -0.3 is 4.74 Å². The first-order valence-electron chi connectivity index (χ1n) is 6.35. The summed E-state index contributed by atoms with van der Waals surface area (Å²) in [5, 5.41) is 1.29. The SMILES string of the molecule is CCOC(=O)c1nc(Cl)c2c3c(sc2n1)CCCC3. The Labute approximate surface area is 119 Å². The molecule has 4 nitrogen and oxygen atoms in total. The number of hydrogen-bond acceptors (Lipinski definition) is 5. The lowest BCUT2D eigenvalue weighted by atomic mass is 9.97. The van der Waals surface area contributed by atoms with Crippen molar-refractivity contribution >= 4 is 39.1 Å². The van der Waals surface area contributed by atoms with Gasteiger partial charge in [-0.3, -0.25) is 0 Å². The highest BCUT2D eigenvalue weighted by Gasteiger charge is 2.22. The second-order valence-electron chi connectivity index (χ2n) is 4.45. The van der Waals surface area contributed by atoms with E-state index in [9.17, 15) is 4.79 Å². The topological polar surface area (TPSA) is 52.1 Å². The van der Waals surface area contributed by atoms with Crippen molar-refractivity contribution in [2.24, 2.45) is 0 Å². The number of aryl methyl sites for hydroxylation is 2. The molecule has 2 aromatic rings. The van der Waals surface area contributed by atoms with E-state index in [1.807, 2.05) is 0 Å². The summed E-state index contributed by atoms with van der Waals surface area (Å²) in [5.41, 5.74) is 1.27. The number of aromatic nitrogens is 2. The molecule has 0 N–H and O–H groups in total. The number of thiophene rings is 1. The van der Waals surface area contributed by atoms with Crippen molar-refractivity contribution < 1.29 is 9.53 Å². The Bertz CT molecular complexity index is 654. The van der Waals surface area contributed by atoms with Gasteiger partial charge in [0, 0.05) is 4.88 Å². The van der Waals surface area contributed by atoms with E-state index in [-0.39, 0.29) is 5.82 Å². The molecule has 0 radical (unpaired) electrons. The van der Waals surface area contributed by atoms with E-state index in [0.29, 0.717) is 11.8 Å². The Morgan fingerprint density at radius 2 is 2.16 bits per heavy atom. The van der Waals surface area contributed by atoms with Crippen molar-refractivity contribution in [2.75, 3.05) is 6.61 Å². The summed E-state index contributed by atoms with van der Waals surface area (Å²) in [6.07, 6.45) is 4.48. The predicted octanol–water partition coefficient (Wildman–Crippen LogP) is 3.40. The molecule has 0 spiro atoms. The fraction of sp³-hybridized carbons (Fsp3) is 0.462. The van der Waals surface area contributed by atoms with Crippen LogP contribution in [0.3, 0.4) is 0 Å². The summed E-state index contributed by atoms with van der Waals surface area (Å²) in [5.74, 6) is -0.462. The van der Waals surface area contributed by atoms with Gasteiger partial charge in [-0.1, -0.05) is 11.6 Å². The van der Waals surface area contributed by atoms with Gasteiger partial charge in [-0.15, -0.1) is 11.3 Å². The second-order valence-corrected chi connectivity index (χ2v) is 5.89. The monoisotopic (exact) mass is 296 g/mol. The summed E-state index contributed by atoms with van der Waals surface area (Å²) in [6, 6.07) is 0. The van der Waals surface area contributed by atoms with E-state index in [4.69, 9.17) is 16.3 Å². The van der Waals surface area contributed by atoms with Crippen LogP contribution in [0.15, 0.2) is 0 Å². The number of ether oxygens (including phenoxy) is 1. The first-order chi connectivity index (χ1) is 9.20. The molecule has 0 atom stereocenters. The van der Waals surface area contributed by atoms with E-state index in [2.05, 4.69) is 9.97 Å². The maximum absolute atomic E-state index is 11.7. The highest BCUT2D eigenvalue weighted by molar-refractivity contribution is 7.19. The molecule has 0 fully saturated rings. The van der Waals surface area contributed by atoms with Crippen molar-refractivity contribution in [1.29, 1.82) is 0 Å². The number of fused-ring (bicyclic) bond motifs is 3. The molecule has 100 valence electrons. The molecular weight excluding hydrogens is 284 g/mol. The lowest BCUT2D eigenvalue weighted by Gasteiger charge is -2.10. The summed E-state index contributed by atoms with van der Waals surface area (Å²) in [7, 11) is 0. The van der Waals surface area contributed by atoms with E-state index in [1.54, 1.807) is 18.3 Å². The highest BCUT2D eigenvalue weighted by atomic mass is 35.5. The third-order valence-electron chi connectivity index (χ3n) is 3.23. The molecule has 0 saturated carbocycles. The largest absolute Gasteiger partial charge is 0.460 e. The smallest absolute Gasteiger partial charge is 0.376 e. The van der Waals surface area contributed by atoms with Gasteiger partial charge in [-0.25, -0.2) is 14.8 Å². The van der Waals surface area contributed by atoms with E-state index >= 15 is 0 Å². The minimum absolute atomic E-state index is 0.0537. The normalized spacial score (nSPS) is 14.4. The number of rotatable bonds is 2. The minimum atomic E-state index is -0.516. The van der Waals surface area contributed by atoms with Gasteiger partial charge in [0.1, 0.15) is 9.98 Å². The summed E-state index contributed by atoms with van der Waals surface area (Å²) in [4.78, 5) is 22.2. The van der Waals surface area contributed by atoms with Crippen LogP contribution in [0, 0.1) is 0 Å². The standard InChI is InChI=1S/C13H13ClN2O2S/c1-2-18-13(17)11-15-10(14)9-7-5-3-4-6-8(7)19-12(9)16-11/h2-6H2,1H3. The van der Waals surface area contributed by atoms with Crippen LogP contribution in [0.25, 0.3) is 10.2 Å². The Hall–Kier alpha value is -1.20. The molecule has 0 unspecified atom stereocenters. The predicted molar refractivity (Wildman–Crippen MR) is 75.0 cm³/mol. The Morgan fingerprint density at radius 1 is 1.37 bits per heavy atom. The Morgan fingerprint density at radius 3 is 2.95 bits per heavy atom. The minimum Gasteiger partial charge on any atom is -0.460 e. The van der Waals surface area contributed by atoms with E-state index < -0.39 is 5.97 Å². The van der Waals surface area contributed by atoms with Crippen molar-refractivity contribution in [3.63, 3.8) is 0 Å². The Balaban J connectivity index is 2.14. The first kappa shape index (κ1) is 12.8. The lowest BCUT2D eigenvalue weighted by Crippen LogP contribution is -2.09. The molecule has 2 heterocycles. The van der Waals surface area contributed by atoms with Gasteiger partial charge in [-0.05, 0) is 38.2 Å². The number of carbonyl (C=O) groups excluding carboxylic acids is 1. The number of halogens is 1. The zero-order valence-electron chi connectivity index (χ0n) is 10.5. The van der Waals surface area contributed by atoms with Crippen molar-refractivity contribution in [3.05, 3.63) is 21.4 Å². The molecule has 1 aliphatic carbocycles. The fourth-order valence-corrected chi connectivity index (χ4v) is 4.00. The molecule has 0 bridgehead atoms. The molecule has 2 aromatic heterocycles. The Kier molecular flexibility index (Phi) is 3.41. The van der Waals surface area contributed by atoms with Crippen LogP contribution in [0.5, 0.6) is 0 Å². The average molecular weight is 297 g/mol. The molecule has 1 aliphatic rings. The van der Waals surface area contributed by atoms with Gasteiger partial charge >= 0.3 is 5.97 Å². The quantitative estimate of drug-likeness (QED) is 0.629. The van der Waals surface area contributed by atoms with Crippen LogP contribution >= 0.6 is 22.9 Å². The number of hydrogen-bond donors (Lipinski definition) is 0. The van der Waals surface area contributed by atoms with Crippen LogP contribution in [0.1, 0.15) is 40.8 Å². The summed E-state index contributed by atoms with van der Waals surface area (Å²) in [6.45, 7) is 2.06. The third-order valence-corrected chi connectivity index (χ3v) is 4.69. The number of esters is 1. The van der Waals surface area contributed by atoms with Gasteiger partial charge in [0.25, 0.3) is 0 Å². The molecule has 0 aromatic carbocycles. The number of carbonyl (C=O) groups is 1. The molecule has 0 amide bonds. The van der Waals surface area contributed by atoms with Gasteiger partial charge in [-0.2, -0.15) is 0 Å². The second kappa shape index (κ2) is 5.06. The van der Waals surface area contributed by atoms with Crippen molar-refractivity contribution in [3.8, 4) is 0 Å². The van der Waals surface area contributed by atoms with Crippen LogP contribution in [-0.2, 0) is 17.6 Å². The van der Waals surface area contributed by atoms with Crippen LogP contribution in [0.2, 0.25) is 5.15 Å². The summed E-state index contributed by atoms with van der Waals surface area (Å²) < 4.78 is 4.92. The first-order valence-corrected chi connectivity index (χ1v) is 7.55. The molecular formula is C13H13ClN2O2S. The number of nitrogens with zero attached hydrogens (tertiary/aromatic N) is 2. The zero-order chi connectivity index (χ0) is 13.4. The lowest BCUT2D eigenvalue weighted by molar-refractivity contribution is 0.0512. The molecule has 6 heteroatoms. The third kappa shape index (κ3) is 2.21. The molecule has 19 heavy (non-hydrogen) atoms. The van der Waals surface area contributed by atoms with Crippen LogP contribution < -0.4 is 0 Å². The van der Waals surface area contributed by atoms with E-state index in [1.165, 1.54) is 23.3 Å². The van der Waals surface area contributed by atoms with Crippen molar-refractivity contribution in [1.82, 2.24) is 9.97 Å². The van der Waals surface area contributed by atoms with Gasteiger partial charge in [0.2, 0.25) is 5.82 Å². The van der Waals surface area contributed by atoms with Gasteiger partial charge in [0.05, 0.1) is 12.0 Å². The zero-order valence-corrected chi connectivity index (χ0v) is 12.1. The van der Waals surface area contributed by atoms with E-state index in [0.717, 1.165) is 23.1 Å². The maximum atomic E-state index is 11.7. The summed E-state index contributed by atoms with van der Waals surface area (Å²) >= 11 is 7.85. The maximum Gasteiger partial charge on any atom is 0.376 e. The highest BCUT2D eigenvalue weighted by Crippen LogP contribution is 2.38. The van der Waals surface area contributed by atoms with Crippen molar-refractivity contribution in [2.45, 2.75) is 32.6 Å². The van der Waals surface area contributed by atoms with Gasteiger partial charge in [0.15, 0.2) is 0 Å².